The molecule has 0 aromatic heterocycles. The Bertz CT molecular complexity index is 567. The third-order valence-corrected chi connectivity index (χ3v) is 4.96. The summed E-state index contributed by atoms with van der Waals surface area (Å²) in [5.74, 6) is 1.79. The van der Waals surface area contributed by atoms with Crippen molar-refractivity contribution < 1.29 is 13.2 Å². The molecule has 1 aromatic rings. The summed E-state index contributed by atoms with van der Waals surface area (Å²) >= 11 is 5.99. The maximum Gasteiger partial charge on any atom is 0.416 e. The van der Waals surface area contributed by atoms with E-state index in [0.29, 0.717) is 23.4 Å². The lowest BCUT2D eigenvalue weighted by Gasteiger charge is -2.27. The highest BCUT2D eigenvalue weighted by Crippen LogP contribution is 2.45. The quantitative estimate of drug-likeness (QED) is 0.739. The number of anilines is 1. The van der Waals surface area contributed by atoms with Crippen molar-refractivity contribution in [2.24, 2.45) is 17.8 Å². The van der Waals surface area contributed by atoms with Crippen LogP contribution in [0.15, 0.2) is 30.4 Å². The van der Waals surface area contributed by atoms with Crippen molar-refractivity contribution in [1.29, 1.82) is 0 Å². The van der Waals surface area contributed by atoms with E-state index >= 15 is 0 Å². The maximum absolute atomic E-state index is 12.6. The second kappa shape index (κ2) is 5.24. The van der Waals surface area contributed by atoms with Crippen molar-refractivity contribution in [3.05, 3.63) is 40.9 Å². The Hall–Kier alpha value is -1.16. The van der Waals surface area contributed by atoms with Gasteiger partial charge < -0.3 is 5.32 Å². The summed E-state index contributed by atoms with van der Waals surface area (Å²) in [7, 11) is 0. The largest absolute Gasteiger partial charge is 0.416 e. The van der Waals surface area contributed by atoms with E-state index in [9.17, 15) is 13.2 Å². The zero-order valence-electron chi connectivity index (χ0n) is 11.6. The Morgan fingerprint density at radius 3 is 2.52 bits per heavy atom. The fourth-order valence-electron chi connectivity index (χ4n) is 3.56. The average Bonchev–Trinajstić information content (AvgIpc) is 3.02. The summed E-state index contributed by atoms with van der Waals surface area (Å²) < 4.78 is 37.9. The van der Waals surface area contributed by atoms with E-state index in [1.54, 1.807) is 0 Å². The van der Waals surface area contributed by atoms with Crippen molar-refractivity contribution in [3.8, 4) is 0 Å². The number of rotatable bonds is 3. The Labute approximate surface area is 127 Å². The van der Waals surface area contributed by atoms with E-state index < -0.39 is 11.7 Å². The van der Waals surface area contributed by atoms with Crippen LogP contribution in [0.1, 0.15) is 25.3 Å². The molecule has 0 saturated heterocycles. The van der Waals surface area contributed by atoms with Crippen LogP contribution in [0.2, 0.25) is 5.02 Å². The van der Waals surface area contributed by atoms with Crippen LogP contribution in [0, 0.1) is 17.8 Å². The monoisotopic (exact) mass is 315 g/mol. The van der Waals surface area contributed by atoms with Crippen LogP contribution in [0.5, 0.6) is 0 Å². The van der Waals surface area contributed by atoms with Crippen molar-refractivity contribution in [2.75, 3.05) is 5.32 Å². The van der Waals surface area contributed by atoms with E-state index in [1.807, 2.05) is 0 Å². The summed E-state index contributed by atoms with van der Waals surface area (Å²) in [4.78, 5) is 0. The first kappa shape index (κ1) is 14.8. The molecule has 5 heteroatoms. The van der Waals surface area contributed by atoms with Gasteiger partial charge in [-0.3, -0.25) is 0 Å². The van der Waals surface area contributed by atoms with Gasteiger partial charge in [0.25, 0.3) is 0 Å². The van der Waals surface area contributed by atoms with Crippen LogP contribution in [0.3, 0.4) is 0 Å². The molecule has 2 aliphatic carbocycles. The zero-order chi connectivity index (χ0) is 15.2. The smallest absolute Gasteiger partial charge is 0.381 e. The number of hydrogen-bond donors (Lipinski definition) is 1. The first-order chi connectivity index (χ1) is 9.84. The lowest BCUT2D eigenvalue weighted by Crippen LogP contribution is -2.29. The summed E-state index contributed by atoms with van der Waals surface area (Å²) in [6.45, 7) is 2.08. The van der Waals surface area contributed by atoms with Gasteiger partial charge in [-0.2, -0.15) is 13.2 Å². The van der Waals surface area contributed by atoms with Crippen molar-refractivity contribution in [1.82, 2.24) is 0 Å². The molecule has 0 amide bonds. The van der Waals surface area contributed by atoms with Gasteiger partial charge >= 0.3 is 6.18 Å². The first-order valence-corrected chi connectivity index (χ1v) is 7.54. The number of halogens is 4. The highest BCUT2D eigenvalue weighted by atomic mass is 35.5. The van der Waals surface area contributed by atoms with Gasteiger partial charge in [-0.05, 0) is 55.7 Å². The van der Waals surface area contributed by atoms with E-state index in [1.165, 1.54) is 12.5 Å². The van der Waals surface area contributed by atoms with E-state index in [2.05, 4.69) is 24.4 Å². The second-order valence-corrected chi connectivity index (χ2v) is 6.48. The molecule has 1 N–H and O–H groups in total. The predicted molar refractivity (Wildman–Crippen MR) is 78.4 cm³/mol. The van der Waals surface area contributed by atoms with Gasteiger partial charge in [0.2, 0.25) is 0 Å². The molecule has 2 bridgehead atoms. The molecule has 1 saturated carbocycles. The predicted octanol–water partition coefficient (Wildman–Crippen LogP) is 5.37. The molecule has 1 aromatic carbocycles. The van der Waals surface area contributed by atoms with Gasteiger partial charge in [-0.1, -0.05) is 23.8 Å². The highest BCUT2D eigenvalue weighted by Gasteiger charge is 2.38. The molecule has 21 heavy (non-hydrogen) atoms. The van der Waals surface area contributed by atoms with Crippen LogP contribution in [0.4, 0.5) is 18.9 Å². The normalized spacial score (nSPS) is 28.9. The third-order valence-electron chi connectivity index (χ3n) is 4.65. The molecule has 1 nitrogen and oxygen atoms in total. The lowest BCUT2D eigenvalue weighted by atomic mass is 9.87. The van der Waals surface area contributed by atoms with Crippen molar-refractivity contribution in [2.45, 2.75) is 32.0 Å². The molecular weight excluding hydrogens is 299 g/mol. The molecule has 4 atom stereocenters. The van der Waals surface area contributed by atoms with Crippen LogP contribution in [-0.4, -0.2) is 6.04 Å². The van der Waals surface area contributed by atoms with Gasteiger partial charge in [-0.15, -0.1) is 0 Å². The second-order valence-electron chi connectivity index (χ2n) is 6.07. The lowest BCUT2D eigenvalue weighted by molar-refractivity contribution is -0.137. The van der Waals surface area contributed by atoms with Crippen LogP contribution in [0.25, 0.3) is 0 Å². The highest BCUT2D eigenvalue weighted by molar-refractivity contribution is 6.33. The number of fused-ring (bicyclic) bond motifs is 2. The molecule has 0 spiro atoms. The maximum atomic E-state index is 12.6. The van der Waals surface area contributed by atoms with Crippen LogP contribution >= 0.6 is 11.6 Å². The van der Waals surface area contributed by atoms with Crippen LogP contribution < -0.4 is 5.32 Å². The fourth-order valence-corrected chi connectivity index (χ4v) is 3.79. The average molecular weight is 316 g/mol. The summed E-state index contributed by atoms with van der Waals surface area (Å²) in [6, 6.07) is 3.67. The Kier molecular flexibility index (Phi) is 3.68. The van der Waals surface area contributed by atoms with E-state index in [-0.39, 0.29) is 11.1 Å². The first-order valence-electron chi connectivity index (χ1n) is 7.16. The molecule has 4 unspecified atom stereocenters. The minimum Gasteiger partial charge on any atom is -0.381 e. The summed E-state index contributed by atoms with van der Waals surface area (Å²) in [5.41, 5.74) is -0.141. The van der Waals surface area contributed by atoms with Gasteiger partial charge in [0.15, 0.2) is 0 Å². The zero-order valence-corrected chi connectivity index (χ0v) is 12.4. The summed E-state index contributed by atoms with van der Waals surface area (Å²) in [5, 5.41) is 3.40. The Morgan fingerprint density at radius 1 is 1.24 bits per heavy atom. The molecular formula is C16H17ClF3N. The van der Waals surface area contributed by atoms with Crippen molar-refractivity contribution in [3.63, 3.8) is 0 Å². The van der Waals surface area contributed by atoms with E-state index in [4.69, 9.17) is 11.6 Å². The van der Waals surface area contributed by atoms with Crippen LogP contribution in [-0.2, 0) is 6.18 Å². The van der Waals surface area contributed by atoms with Crippen molar-refractivity contribution >= 4 is 17.3 Å². The third kappa shape index (κ3) is 2.91. The standard InChI is InChI=1S/C16H17ClF3N/c1-9(13-7-10-2-3-11(13)6-10)21-15-5-4-12(8-14(15)17)16(18,19)20/h2-5,8-11,13,21H,6-7H2,1H3. The van der Waals surface area contributed by atoms with Gasteiger partial charge in [0.1, 0.15) is 0 Å². The SMILES string of the molecule is CC(Nc1ccc(C(F)(F)F)cc1Cl)C1CC2C=CC1C2. The van der Waals surface area contributed by atoms with Gasteiger partial charge in [-0.25, -0.2) is 0 Å². The minimum absolute atomic E-state index is 0.121. The fraction of sp³-hybridized carbons (Fsp3) is 0.500. The molecule has 0 aliphatic heterocycles. The number of alkyl halides is 3. The molecule has 1 fully saturated rings. The molecule has 0 heterocycles. The molecule has 114 valence electrons. The topological polar surface area (TPSA) is 12.0 Å². The molecule has 3 rings (SSSR count). The number of hydrogen-bond acceptors (Lipinski definition) is 1. The van der Waals surface area contributed by atoms with E-state index in [0.717, 1.165) is 18.6 Å². The summed E-state index contributed by atoms with van der Waals surface area (Å²) in [6.07, 6.45) is 2.54. The molecule has 2 aliphatic rings. The molecule has 0 radical (unpaired) electrons. The van der Waals surface area contributed by atoms with Gasteiger partial charge in [0, 0.05) is 6.04 Å². The minimum atomic E-state index is -4.36. The Morgan fingerprint density at radius 2 is 2.00 bits per heavy atom. The number of benzene rings is 1. The number of nitrogens with one attached hydrogen (secondary N) is 1. The Balaban J connectivity index is 1.72. The van der Waals surface area contributed by atoms with Gasteiger partial charge in [0.05, 0.1) is 16.3 Å². The number of allylic oxidation sites excluding steroid dienone is 2.